The molecule has 168 valence electrons. The number of aromatic nitrogens is 1. The Hall–Kier alpha value is -2.64. The van der Waals surface area contributed by atoms with Crippen LogP contribution >= 0.6 is 0 Å². The number of carbonyl (C=O) groups excluding carboxylic acids is 1. The van der Waals surface area contributed by atoms with E-state index in [0.717, 1.165) is 6.42 Å². The Morgan fingerprint density at radius 2 is 1.87 bits per heavy atom. The van der Waals surface area contributed by atoms with E-state index in [1.165, 1.54) is 30.5 Å². The van der Waals surface area contributed by atoms with Crippen LogP contribution in [-0.4, -0.2) is 48.7 Å². The largest absolute Gasteiger partial charge is 0.503 e. The Labute approximate surface area is 183 Å². The van der Waals surface area contributed by atoms with Gasteiger partial charge in [0.05, 0.1) is 26.4 Å². The average Bonchev–Trinajstić information content (AvgIpc) is 2.74. The molecule has 1 fully saturated rings. The number of hydrogen-bond donors (Lipinski definition) is 2. The van der Waals surface area contributed by atoms with Gasteiger partial charge in [-0.1, -0.05) is 52.0 Å². The second kappa shape index (κ2) is 9.66. The average molecular weight is 429 g/mol. The number of nitrogens with one attached hydrogen (secondary N) is 1. The van der Waals surface area contributed by atoms with Gasteiger partial charge in [0.1, 0.15) is 0 Å². The standard InChI is InChI=1S/C24H32N2O5/c1-15(12-16-6-8-17(9-7-16)24(2,3)4)23-30-13-18(14-31-23)26-22(28)20-21(27)19(29-5)10-11-25-20/h6-11,15,18,23,27H,12-14H2,1-5H3,(H,26,28)/t15-,18?,23?/m1/s1. The summed E-state index contributed by atoms with van der Waals surface area (Å²) in [4.78, 5) is 16.4. The van der Waals surface area contributed by atoms with Gasteiger partial charge in [0, 0.05) is 18.2 Å². The molecule has 1 aromatic carbocycles. The predicted octanol–water partition coefficient (Wildman–Crippen LogP) is 3.44. The van der Waals surface area contributed by atoms with Crippen molar-refractivity contribution in [3.8, 4) is 11.5 Å². The molecule has 1 amide bonds. The highest BCUT2D eigenvalue weighted by Crippen LogP contribution is 2.28. The van der Waals surface area contributed by atoms with Crippen LogP contribution in [-0.2, 0) is 21.3 Å². The molecule has 1 aliphatic heterocycles. The fourth-order valence-corrected chi connectivity index (χ4v) is 3.56. The molecule has 1 aromatic heterocycles. The van der Waals surface area contributed by atoms with Crippen LogP contribution in [0.15, 0.2) is 36.5 Å². The maximum atomic E-state index is 12.5. The zero-order valence-electron chi connectivity index (χ0n) is 18.8. The first kappa shape index (κ1) is 23.0. The quantitative estimate of drug-likeness (QED) is 0.733. The molecule has 0 spiro atoms. The van der Waals surface area contributed by atoms with E-state index in [0.29, 0.717) is 13.2 Å². The molecular weight excluding hydrogens is 396 g/mol. The van der Waals surface area contributed by atoms with E-state index in [4.69, 9.17) is 14.2 Å². The van der Waals surface area contributed by atoms with E-state index in [1.807, 2.05) is 0 Å². The van der Waals surface area contributed by atoms with E-state index in [9.17, 15) is 9.90 Å². The summed E-state index contributed by atoms with van der Waals surface area (Å²) in [6, 6.07) is 9.85. The summed E-state index contributed by atoms with van der Waals surface area (Å²) in [7, 11) is 1.42. The highest BCUT2D eigenvalue weighted by Gasteiger charge is 2.29. The molecule has 7 nitrogen and oxygen atoms in total. The number of ether oxygens (including phenoxy) is 3. The Bertz CT molecular complexity index is 884. The van der Waals surface area contributed by atoms with Gasteiger partial charge in [-0.3, -0.25) is 4.79 Å². The molecule has 0 radical (unpaired) electrons. The molecule has 0 unspecified atom stereocenters. The zero-order chi connectivity index (χ0) is 22.6. The lowest BCUT2D eigenvalue weighted by Gasteiger charge is -2.33. The maximum Gasteiger partial charge on any atom is 0.274 e. The summed E-state index contributed by atoms with van der Waals surface area (Å²) in [6.07, 6.45) is 1.92. The summed E-state index contributed by atoms with van der Waals surface area (Å²) < 4.78 is 16.8. The van der Waals surface area contributed by atoms with Crippen LogP contribution in [0.25, 0.3) is 0 Å². The second-order valence-electron chi connectivity index (χ2n) is 9.04. The molecule has 1 aliphatic rings. The van der Waals surface area contributed by atoms with E-state index in [1.54, 1.807) is 0 Å². The third-order valence-corrected chi connectivity index (χ3v) is 5.42. The van der Waals surface area contributed by atoms with Crippen LogP contribution in [0.4, 0.5) is 0 Å². The van der Waals surface area contributed by atoms with Gasteiger partial charge < -0.3 is 24.6 Å². The number of pyridine rings is 1. The van der Waals surface area contributed by atoms with Crippen LogP contribution in [0.5, 0.6) is 11.5 Å². The summed E-state index contributed by atoms with van der Waals surface area (Å²) >= 11 is 0. The van der Waals surface area contributed by atoms with Gasteiger partial charge in [0.25, 0.3) is 5.91 Å². The molecule has 1 atom stereocenters. The molecule has 7 heteroatoms. The monoisotopic (exact) mass is 428 g/mol. The predicted molar refractivity (Wildman–Crippen MR) is 117 cm³/mol. The molecule has 2 N–H and O–H groups in total. The molecule has 2 aromatic rings. The van der Waals surface area contributed by atoms with Crippen molar-refractivity contribution in [3.63, 3.8) is 0 Å². The lowest BCUT2D eigenvalue weighted by Crippen LogP contribution is -2.48. The molecule has 31 heavy (non-hydrogen) atoms. The van der Waals surface area contributed by atoms with Crippen molar-refractivity contribution in [1.29, 1.82) is 0 Å². The minimum atomic E-state index is -0.501. The van der Waals surface area contributed by atoms with Gasteiger partial charge in [0.2, 0.25) is 0 Å². The van der Waals surface area contributed by atoms with Gasteiger partial charge in [0.15, 0.2) is 23.5 Å². The first-order valence-electron chi connectivity index (χ1n) is 10.5. The van der Waals surface area contributed by atoms with Crippen molar-refractivity contribution >= 4 is 5.91 Å². The van der Waals surface area contributed by atoms with Crippen molar-refractivity contribution in [2.45, 2.75) is 51.9 Å². The first-order chi connectivity index (χ1) is 14.7. The molecular formula is C24H32N2O5. The topological polar surface area (TPSA) is 89.9 Å². The van der Waals surface area contributed by atoms with Crippen LogP contribution in [0, 0.1) is 5.92 Å². The van der Waals surface area contributed by atoms with Crippen molar-refractivity contribution < 1.29 is 24.1 Å². The van der Waals surface area contributed by atoms with E-state index < -0.39 is 5.91 Å². The summed E-state index contributed by atoms with van der Waals surface area (Å²) in [5.41, 5.74) is 2.59. The Morgan fingerprint density at radius 3 is 2.45 bits per heavy atom. The van der Waals surface area contributed by atoms with Gasteiger partial charge in [-0.2, -0.15) is 0 Å². The number of amides is 1. The normalized spacial score (nSPS) is 20.2. The SMILES string of the molecule is COc1ccnc(C(=O)NC2COC([C@H](C)Cc3ccc(C(C)(C)C)cc3)OC2)c1O. The van der Waals surface area contributed by atoms with E-state index >= 15 is 0 Å². The fourth-order valence-electron chi connectivity index (χ4n) is 3.56. The van der Waals surface area contributed by atoms with Gasteiger partial charge in [-0.25, -0.2) is 4.98 Å². The Balaban J connectivity index is 1.50. The second-order valence-corrected chi connectivity index (χ2v) is 9.04. The van der Waals surface area contributed by atoms with E-state index in [2.05, 4.69) is 62.3 Å². The molecule has 0 bridgehead atoms. The van der Waals surface area contributed by atoms with Crippen LogP contribution in [0.1, 0.15) is 49.3 Å². The van der Waals surface area contributed by atoms with Crippen LogP contribution in [0.2, 0.25) is 0 Å². The minimum absolute atomic E-state index is 0.0893. The highest BCUT2D eigenvalue weighted by atomic mass is 16.7. The van der Waals surface area contributed by atoms with Crippen molar-refractivity contribution in [1.82, 2.24) is 10.3 Å². The number of nitrogens with zero attached hydrogens (tertiary/aromatic N) is 1. The number of hydrogen-bond acceptors (Lipinski definition) is 6. The van der Waals surface area contributed by atoms with Gasteiger partial charge in [-0.15, -0.1) is 0 Å². The van der Waals surface area contributed by atoms with Gasteiger partial charge >= 0.3 is 0 Å². The third kappa shape index (κ3) is 5.74. The maximum absolute atomic E-state index is 12.5. The van der Waals surface area contributed by atoms with Gasteiger partial charge in [-0.05, 0) is 23.0 Å². The fraction of sp³-hybridized carbons (Fsp3) is 0.500. The number of benzene rings is 1. The van der Waals surface area contributed by atoms with Crippen LogP contribution < -0.4 is 10.1 Å². The number of aromatic hydroxyl groups is 1. The van der Waals surface area contributed by atoms with Crippen LogP contribution in [0.3, 0.4) is 0 Å². The molecule has 0 aliphatic carbocycles. The smallest absolute Gasteiger partial charge is 0.274 e. The number of methoxy groups -OCH3 is 1. The number of carbonyl (C=O) groups is 1. The molecule has 0 saturated carbocycles. The van der Waals surface area contributed by atoms with Crippen molar-refractivity contribution in [2.75, 3.05) is 20.3 Å². The lowest BCUT2D eigenvalue weighted by atomic mass is 9.86. The molecule has 2 heterocycles. The first-order valence-corrected chi connectivity index (χ1v) is 10.5. The van der Waals surface area contributed by atoms with Crippen molar-refractivity contribution in [2.24, 2.45) is 5.92 Å². The lowest BCUT2D eigenvalue weighted by molar-refractivity contribution is -0.210. The third-order valence-electron chi connectivity index (χ3n) is 5.42. The molecule has 3 rings (SSSR count). The summed E-state index contributed by atoms with van der Waals surface area (Å²) in [6.45, 7) is 9.36. The van der Waals surface area contributed by atoms with Crippen molar-refractivity contribution in [3.05, 3.63) is 53.3 Å². The van der Waals surface area contributed by atoms with E-state index in [-0.39, 0.29) is 40.9 Å². The number of rotatable bonds is 6. The summed E-state index contributed by atoms with van der Waals surface area (Å²) in [5, 5.41) is 12.9. The summed E-state index contributed by atoms with van der Waals surface area (Å²) in [5.74, 6) is -0.426. The Morgan fingerprint density at radius 1 is 1.23 bits per heavy atom. The minimum Gasteiger partial charge on any atom is -0.503 e. The Kier molecular flexibility index (Phi) is 7.18. The zero-order valence-corrected chi connectivity index (χ0v) is 18.8. The molecule has 1 saturated heterocycles. The highest BCUT2D eigenvalue weighted by molar-refractivity contribution is 5.95.